The number of nitrogens with zero attached hydrogens (tertiary/aromatic N) is 1. The summed E-state index contributed by atoms with van der Waals surface area (Å²) < 4.78 is 0. The first kappa shape index (κ1) is 27.3. The second-order valence-corrected chi connectivity index (χ2v) is 16.2. The zero-order valence-corrected chi connectivity index (χ0v) is 27.9. The van der Waals surface area contributed by atoms with Gasteiger partial charge in [-0.2, -0.15) is 0 Å². The van der Waals surface area contributed by atoms with Crippen LogP contribution in [0.2, 0.25) is 0 Å². The van der Waals surface area contributed by atoms with Crippen molar-refractivity contribution < 1.29 is 0 Å². The first-order valence-electron chi connectivity index (χ1n) is 18.3. The Bertz CT molecular complexity index is 2280. The van der Waals surface area contributed by atoms with Crippen LogP contribution in [0.5, 0.6) is 0 Å². The van der Waals surface area contributed by atoms with Gasteiger partial charge in [-0.1, -0.05) is 105 Å². The Kier molecular flexibility index (Phi) is 5.41. The molecule has 6 aromatic carbocycles. The maximum absolute atomic E-state index is 2.64. The third kappa shape index (κ3) is 3.47. The fourth-order valence-electron chi connectivity index (χ4n) is 11.9. The highest BCUT2D eigenvalue weighted by molar-refractivity contribution is 5.92. The smallest absolute Gasteiger partial charge is 0.0468 e. The largest absolute Gasteiger partial charge is 0.310 e. The van der Waals surface area contributed by atoms with E-state index in [1.54, 1.807) is 11.1 Å². The van der Waals surface area contributed by atoms with Crippen LogP contribution in [-0.4, -0.2) is 0 Å². The van der Waals surface area contributed by atoms with Gasteiger partial charge in [0.05, 0.1) is 0 Å². The Morgan fingerprint density at radius 1 is 0.438 bits per heavy atom. The molecule has 234 valence electrons. The Labute approximate surface area is 284 Å². The third-order valence-electron chi connectivity index (χ3n) is 13.6. The van der Waals surface area contributed by atoms with Gasteiger partial charge in [-0.25, -0.2) is 0 Å². The van der Waals surface area contributed by atoms with Gasteiger partial charge in [0.25, 0.3) is 0 Å². The Morgan fingerprint density at radius 2 is 0.979 bits per heavy atom. The fraction of sp³-hybridized carbons (Fsp3) is 0.277. The van der Waals surface area contributed by atoms with Crippen molar-refractivity contribution in [2.45, 2.75) is 56.8 Å². The number of fused-ring (bicyclic) bond motifs is 7. The molecule has 1 nitrogen and oxygen atoms in total. The van der Waals surface area contributed by atoms with E-state index in [0.29, 0.717) is 0 Å². The molecular formula is C47H41N. The first-order valence-corrected chi connectivity index (χ1v) is 18.3. The molecule has 1 heteroatoms. The fourth-order valence-corrected chi connectivity index (χ4v) is 11.9. The molecule has 6 aromatic rings. The van der Waals surface area contributed by atoms with Crippen molar-refractivity contribution in [2.24, 2.45) is 23.7 Å². The molecule has 0 heterocycles. The number of rotatable bonds is 3. The van der Waals surface area contributed by atoms with E-state index in [1.807, 2.05) is 0 Å². The normalized spacial score (nSPS) is 26.4. The van der Waals surface area contributed by atoms with Crippen LogP contribution in [0.1, 0.15) is 68.2 Å². The summed E-state index contributed by atoms with van der Waals surface area (Å²) in [5.74, 6) is 3.37. The van der Waals surface area contributed by atoms with Gasteiger partial charge in [0, 0.05) is 27.9 Å². The van der Waals surface area contributed by atoms with Crippen LogP contribution in [0.25, 0.3) is 33.0 Å². The molecule has 48 heavy (non-hydrogen) atoms. The molecule has 0 unspecified atom stereocenters. The van der Waals surface area contributed by atoms with Crippen molar-refractivity contribution in [1.82, 2.24) is 0 Å². The Hall–Kier alpha value is -4.62. The van der Waals surface area contributed by atoms with E-state index in [9.17, 15) is 0 Å². The van der Waals surface area contributed by atoms with E-state index in [1.165, 1.54) is 93.3 Å². The topological polar surface area (TPSA) is 3.24 Å². The van der Waals surface area contributed by atoms with E-state index in [2.05, 4.69) is 146 Å². The molecule has 4 saturated carbocycles. The van der Waals surface area contributed by atoms with Crippen molar-refractivity contribution >= 4 is 27.8 Å². The van der Waals surface area contributed by atoms with Crippen molar-refractivity contribution in [2.75, 3.05) is 4.90 Å². The minimum absolute atomic E-state index is 0.0105. The summed E-state index contributed by atoms with van der Waals surface area (Å²) in [5, 5.41) is 2.56. The van der Waals surface area contributed by atoms with Crippen molar-refractivity contribution in [3.05, 3.63) is 150 Å². The van der Waals surface area contributed by atoms with Crippen LogP contribution in [-0.2, 0) is 10.8 Å². The van der Waals surface area contributed by atoms with Gasteiger partial charge >= 0.3 is 0 Å². The molecule has 0 saturated heterocycles. The van der Waals surface area contributed by atoms with Crippen LogP contribution in [0.15, 0.2) is 127 Å². The second kappa shape index (κ2) is 9.50. The Morgan fingerprint density at radius 3 is 1.75 bits per heavy atom. The van der Waals surface area contributed by atoms with Gasteiger partial charge in [0.2, 0.25) is 0 Å². The van der Waals surface area contributed by atoms with Gasteiger partial charge < -0.3 is 4.90 Å². The highest BCUT2D eigenvalue weighted by Crippen LogP contribution is 2.69. The van der Waals surface area contributed by atoms with Crippen LogP contribution >= 0.6 is 0 Å². The molecule has 0 amide bonds. The molecule has 6 aliphatic rings. The zero-order valence-electron chi connectivity index (χ0n) is 27.9. The van der Waals surface area contributed by atoms with E-state index in [4.69, 9.17) is 0 Å². The average molecular weight is 620 g/mol. The highest BCUT2D eigenvalue weighted by atomic mass is 15.1. The number of benzene rings is 6. The number of anilines is 3. The number of hydrogen-bond acceptors (Lipinski definition) is 1. The first-order chi connectivity index (χ1) is 23.5. The lowest BCUT2D eigenvalue weighted by molar-refractivity contribution is -0.0399. The third-order valence-corrected chi connectivity index (χ3v) is 13.6. The molecular weight excluding hydrogens is 579 g/mol. The van der Waals surface area contributed by atoms with Crippen LogP contribution in [0, 0.1) is 23.7 Å². The molecule has 6 aliphatic carbocycles. The quantitative estimate of drug-likeness (QED) is 0.190. The average Bonchev–Trinajstić information content (AvgIpc) is 3.52. The molecule has 4 bridgehead atoms. The summed E-state index contributed by atoms with van der Waals surface area (Å²) in [6, 6.07) is 49.1. The van der Waals surface area contributed by atoms with Crippen molar-refractivity contribution in [3.8, 4) is 22.3 Å². The van der Waals surface area contributed by atoms with Gasteiger partial charge in [-0.05, 0) is 147 Å². The lowest BCUT2D eigenvalue weighted by Gasteiger charge is -2.61. The minimum Gasteiger partial charge on any atom is -0.310 e. The molecule has 0 aromatic heterocycles. The Balaban J connectivity index is 1.14. The summed E-state index contributed by atoms with van der Waals surface area (Å²) in [7, 11) is 0. The summed E-state index contributed by atoms with van der Waals surface area (Å²) in [4.78, 5) is 2.55. The van der Waals surface area contributed by atoms with Crippen molar-refractivity contribution in [3.63, 3.8) is 0 Å². The summed E-state index contributed by atoms with van der Waals surface area (Å²) in [5.41, 5.74) is 15.6. The number of hydrogen-bond donors (Lipinski definition) is 0. The lowest BCUT2D eigenvalue weighted by Crippen LogP contribution is -2.55. The van der Waals surface area contributed by atoms with Crippen LogP contribution < -0.4 is 4.90 Å². The molecule has 0 aliphatic heterocycles. The monoisotopic (exact) mass is 619 g/mol. The molecule has 4 fully saturated rings. The SMILES string of the molecule is CC1(C)c2ccccc2-c2cc(N(c3ccc4c(c3)C3(c5ccccc5-4)C4CC5CC(C4)CC3C5)c3ccc4ccccc4c3)ccc21. The van der Waals surface area contributed by atoms with E-state index >= 15 is 0 Å². The van der Waals surface area contributed by atoms with Gasteiger partial charge in [0.15, 0.2) is 0 Å². The van der Waals surface area contributed by atoms with E-state index < -0.39 is 0 Å². The minimum atomic E-state index is -0.0105. The molecule has 0 N–H and O–H groups in total. The van der Waals surface area contributed by atoms with Gasteiger partial charge in [0.1, 0.15) is 0 Å². The highest BCUT2D eigenvalue weighted by Gasteiger charge is 2.61. The van der Waals surface area contributed by atoms with Crippen LogP contribution in [0.4, 0.5) is 17.1 Å². The van der Waals surface area contributed by atoms with E-state index in [-0.39, 0.29) is 10.8 Å². The summed E-state index contributed by atoms with van der Waals surface area (Å²) in [6.45, 7) is 4.75. The second-order valence-electron chi connectivity index (χ2n) is 16.2. The predicted molar refractivity (Wildman–Crippen MR) is 199 cm³/mol. The molecule has 12 rings (SSSR count). The summed E-state index contributed by atoms with van der Waals surface area (Å²) >= 11 is 0. The zero-order chi connectivity index (χ0) is 31.8. The van der Waals surface area contributed by atoms with Crippen LogP contribution in [0.3, 0.4) is 0 Å². The van der Waals surface area contributed by atoms with Gasteiger partial charge in [-0.3, -0.25) is 0 Å². The van der Waals surface area contributed by atoms with E-state index in [0.717, 1.165) is 23.7 Å². The van der Waals surface area contributed by atoms with Gasteiger partial charge in [-0.15, -0.1) is 0 Å². The maximum Gasteiger partial charge on any atom is 0.0468 e. The maximum atomic E-state index is 2.64. The molecule has 0 radical (unpaired) electrons. The standard InChI is InChI=1S/C47H41N/c1-46(2)42-13-7-5-12-39(42)41-27-36(18-20-43(41)46)48(35-16-15-31-9-3-4-10-32(31)26-35)37-17-19-40-38-11-6-8-14-44(38)47(45(40)28-37)33-22-29-21-30(24-33)25-34(47)23-29/h3-20,26-30,33-34H,21-25H2,1-2H3. The summed E-state index contributed by atoms with van der Waals surface area (Å²) in [6.07, 6.45) is 7.09. The lowest BCUT2D eigenvalue weighted by atomic mass is 9.43. The predicted octanol–water partition coefficient (Wildman–Crippen LogP) is 12.3. The molecule has 1 spiro atoms. The molecule has 0 atom stereocenters. The van der Waals surface area contributed by atoms with Crippen molar-refractivity contribution in [1.29, 1.82) is 0 Å².